The van der Waals surface area contributed by atoms with Crippen LogP contribution in [-0.4, -0.2) is 40.2 Å². The summed E-state index contributed by atoms with van der Waals surface area (Å²) < 4.78 is 0. The van der Waals surface area contributed by atoms with Crippen molar-refractivity contribution in [3.63, 3.8) is 0 Å². The third-order valence-electron chi connectivity index (χ3n) is 3.25. The first-order valence-electron chi connectivity index (χ1n) is 6.81. The number of thioether (sulfide) groups is 1. The third-order valence-corrected chi connectivity index (χ3v) is 4.18. The molecule has 2 amide bonds. The van der Waals surface area contributed by atoms with E-state index in [1.165, 1.54) is 0 Å². The van der Waals surface area contributed by atoms with Gasteiger partial charge in [-0.15, -0.1) is 0 Å². The van der Waals surface area contributed by atoms with Crippen LogP contribution in [0, 0.1) is 0 Å². The number of carbonyl (C=O) groups is 2. The Hall–Kier alpha value is -0.910. The molecule has 0 aromatic heterocycles. The van der Waals surface area contributed by atoms with E-state index < -0.39 is 17.5 Å². The number of hydrogen-bond acceptors (Lipinski definition) is 3. The second-order valence-corrected chi connectivity index (χ2v) is 5.97. The Labute approximate surface area is 119 Å². The molecule has 0 heterocycles. The molecule has 0 aliphatic rings. The predicted molar refractivity (Wildman–Crippen MR) is 79.7 cm³/mol. The van der Waals surface area contributed by atoms with Crippen molar-refractivity contribution in [1.29, 1.82) is 0 Å². The third kappa shape index (κ3) is 6.18. The van der Waals surface area contributed by atoms with Gasteiger partial charge in [-0.05, 0) is 37.7 Å². The Morgan fingerprint density at radius 3 is 2.26 bits per heavy atom. The van der Waals surface area contributed by atoms with Gasteiger partial charge in [0.25, 0.3) is 0 Å². The first-order chi connectivity index (χ1) is 8.91. The first kappa shape index (κ1) is 18.1. The summed E-state index contributed by atoms with van der Waals surface area (Å²) in [5, 5.41) is 14.6. The summed E-state index contributed by atoms with van der Waals surface area (Å²) in [4.78, 5) is 23.1. The van der Waals surface area contributed by atoms with Gasteiger partial charge < -0.3 is 15.7 Å². The Bertz CT molecular complexity index is 294. The molecule has 5 nitrogen and oxygen atoms in total. The molecule has 0 bridgehead atoms. The summed E-state index contributed by atoms with van der Waals surface area (Å²) in [5.74, 6) is 1.07. The van der Waals surface area contributed by atoms with Crippen LogP contribution in [0.2, 0.25) is 0 Å². The molecule has 0 aliphatic heterocycles. The van der Waals surface area contributed by atoms with E-state index in [9.17, 15) is 14.7 Å². The monoisotopic (exact) mass is 290 g/mol. The Morgan fingerprint density at radius 1 is 1.26 bits per heavy atom. The van der Waals surface area contributed by atoms with Crippen LogP contribution in [0.3, 0.4) is 0 Å². The number of urea groups is 1. The Kier molecular flexibility index (Phi) is 8.63. The van der Waals surface area contributed by atoms with Crippen LogP contribution < -0.4 is 10.6 Å². The van der Waals surface area contributed by atoms with Crippen molar-refractivity contribution < 1.29 is 14.7 Å². The lowest BCUT2D eigenvalue weighted by Crippen LogP contribution is -2.57. The first-order valence-corrected chi connectivity index (χ1v) is 7.97. The standard InChI is InChI=1S/C13H26N2O3S/c1-5-13(6-2,11(16)17)15-12(18)14-10(4)8-9-19-7-3/h10H,5-9H2,1-4H3,(H,16,17)(H2,14,15,18). The van der Waals surface area contributed by atoms with Gasteiger partial charge >= 0.3 is 12.0 Å². The van der Waals surface area contributed by atoms with Crippen LogP contribution in [0.1, 0.15) is 47.0 Å². The van der Waals surface area contributed by atoms with Gasteiger partial charge in [0.2, 0.25) is 0 Å². The molecule has 0 aliphatic carbocycles. The molecule has 0 aromatic carbocycles. The van der Waals surface area contributed by atoms with Crippen LogP contribution in [-0.2, 0) is 4.79 Å². The normalized spacial score (nSPS) is 12.8. The zero-order chi connectivity index (χ0) is 14.9. The summed E-state index contributed by atoms with van der Waals surface area (Å²) >= 11 is 1.82. The number of hydrogen-bond donors (Lipinski definition) is 3. The Morgan fingerprint density at radius 2 is 1.84 bits per heavy atom. The summed E-state index contributed by atoms with van der Waals surface area (Å²) in [6, 6.07) is -0.362. The average molecular weight is 290 g/mol. The topological polar surface area (TPSA) is 78.4 Å². The summed E-state index contributed by atoms with van der Waals surface area (Å²) in [5.41, 5.74) is -1.16. The molecule has 1 unspecified atom stereocenters. The van der Waals surface area contributed by atoms with E-state index in [1.807, 2.05) is 18.7 Å². The fraction of sp³-hybridized carbons (Fsp3) is 0.846. The van der Waals surface area contributed by atoms with E-state index in [4.69, 9.17) is 0 Å². The van der Waals surface area contributed by atoms with Crippen molar-refractivity contribution in [2.24, 2.45) is 0 Å². The number of carbonyl (C=O) groups excluding carboxylic acids is 1. The number of rotatable bonds is 9. The fourth-order valence-corrected chi connectivity index (χ4v) is 2.55. The predicted octanol–water partition coefficient (Wildman–Crippen LogP) is 2.46. The summed E-state index contributed by atoms with van der Waals surface area (Å²) in [6.07, 6.45) is 1.61. The highest BCUT2D eigenvalue weighted by Crippen LogP contribution is 2.15. The van der Waals surface area contributed by atoms with Gasteiger partial charge in [-0.1, -0.05) is 20.8 Å². The minimum absolute atomic E-state index is 0.0410. The number of aliphatic carboxylic acids is 1. The molecule has 112 valence electrons. The largest absolute Gasteiger partial charge is 0.480 e. The lowest BCUT2D eigenvalue weighted by atomic mass is 9.93. The fourth-order valence-electron chi connectivity index (χ4n) is 1.74. The maximum absolute atomic E-state index is 11.8. The molecule has 0 saturated heterocycles. The maximum atomic E-state index is 11.8. The van der Waals surface area contributed by atoms with Gasteiger partial charge in [0.15, 0.2) is 0 Å². The molecule has 0 saturated carbocycles. The molecular weight excluding hydrogens is 264 g/mol. The van der Waals surface area contributed by atoms with Gasteiger partial charge in [0.05, 0.1) is 0 Å². The van der Waals surface area contributed by atoms with Gasteiger partial charge in [-0.3, -0.25) is 0 Å². The molecule has 19 heavy (non-hydrogen) atoms. The molecule has 1 atom stereocenters. The van der Waals surface area contributed by atoms with Gasteiger partial charge in [-0.2, -0.15) is 11.8 Å². The highest BCUT2D eigenvalue weighted by Gasteiger charge is 2.36. The average Bonchev–Trinajstić information content (AvgIpc) is 2.35. The Balaban J connectivity index is 4.31. The van der Waals surface area contributed by atoms with Crippen molar-refractivity contribution in [1.82, 2.24) is 10.6 Å². The quantitative estimate of drug-likeness (QED) is 0.570. The van der Waals surface area contributed by atoms with Crippen LogP contribution >= 0.6 is 11.8 Å². The number of amides is 2. The van der Waals surface area contributed by atoms with Crippen LogP contribution in [0.15, 0.2) is 0 Å². The lowest BCUT2D eigenvalue weighted by molar-refractivity contribution is -0.144. The van der Waals surface area contributed by atoms with E-state index in [2.05, 4.69) is 17.6 Å². The van der Waals surface area contributed by atoms with E-state index in [-0.39, 0.29) is 6.04 Å². The number of nitrogens with one attached hydrogen (secondary N) is 2. The number of carboxylic acid groups (broad SMARTS) is 1. The summed E-state index contributed by atoms with van der Waals surface area (Å²) in [7, 11) is 0. The van der Waals surface area contributed by atoms with Crippen molar-refractivity contribution in [3.8, 4) is 0 Å². The maximum Gasteiger partial charge on any atom is 0.329 e. The highest BCUT2D eigenvalue weighted by molar-refractivity contribution is 7.99. The van der Waals surface area contributed by atoms with Crippen molar-refractivity contribution in [2.75, 3.05) is 11.5 Å². The van der Waals surface area contributed by atoms with E-state index >= 15 is 0 Å². The van der Waals surface area contributed by atoms with Gasteiger partial charge in [-0.25, -0.2) is 9.59 Å². The number of carboxylic acids is 1. The molecular formula is C13H26N2O3S. The van der Waals surface area contributed by atoms with Crippen LogP contribution in [0.4, 0.5) is 4.79 Å². The second-order valence-electron chi connectivity index (χ2n) is 4.58. The van der Waals surface area contributed by atoms with E-state index in [0.29, 0.717) is 12.8 Å². The molecule has 0 spiro atoms. The zero-order valence-electron chi connectivity index (χ0n) is 12.3. The van der Waals surface area contributed by atoms with Crippen molar-refractivity contribution in [2.45, 2.75) is 58.5 Å². The zero-order valence-corrected chi connectivity index (χ0v) is 13.1. The minimum atomic E-state index is -1.16. The van der Waals surface area contributed by atoms with Crippen molar-refractivity contribution >= 4 is 23.8 Å². The van der Waals surface area contributed by atoms with Gasteiger partial charge in [0, 0.05) is 6.04 Å². The second kappa shape index (κ2) is 9.07. The molecule has 0 fully saturated rings. The molecule has 0 radical (unpaired) electrons. The van der Waals surface area contributed by atoms with Crippen LogP contribution in [0.5, 0.6) is 0 Å². The van der Waals surface area contributed by atoms with E-state index in [1.54, 1.807) is 13.8 Å². The van der Waals surface area contributed by atoms with Crippen LogP contribution in [0.25, 0.3) is 0 Å². The molecule has 3 N–H and O–H groups in total. The lowest BCUT2D eigenvalue weighted by Gasteiger charge is -2.28. The summed E-state index contributed by atoms with van der Waals surface area (Å²) in [6.45, 7) is 7.55. The molecule has 0 aromatic rings. The van der Waals surface area contributed by atoms with Crippen molar-refractivity contribution in [3.05, 3.63) is 0 Å². The highest BCUT2D eigenvalue weighted by atomic mass is 32.2. The smallest absolute Gasteiger partial charge is 0.329 e. The minimum Gasteiger partial charge on any atom is -0.480 e. The SMILES string of the molecule is CCSCCC(C)NC(=O)NC(CC)(CC)C(=O)O. The molecule has 6 heteroatoms. The molecule has 0 rings (SSSR count). The van der Waals surface area contributed by atoms with Gasteiger partial charge in [0.1, 0.15) is 5.54 Å². The van der Waals surface area contributed by atoms with E-state index in [0.717, 1.165) is 17.9 Å².